The molecular formula is C30H50O. The maximum atomic E-state index is 10.3. The first-order chi connectivity index (χ1) is 14.7. The molecule has 0 unspecified atom stereocenters. The van der Waals surface area contributed by atoms with Crippen LogP contribution in [0.15, 0.2) is 23.3 Å². The molecule has 0 amide bonds. The normalized spacial score (nSPS) is 44.7. The summed E-state index contributed by atoms with van der Waals surface area (Å²) in [7, 11) is 0. The Labute approximate surface area is 193 Å². The lowest BCUT2D eigenvalue weighted by molar-refractivity contribution is -0.0574. The van der Waals surface area contributed by atoms with Crippen LogP contribution in [-0.4, -0.2) is 11.2 Å². The van der Waals surface area contributed by atoms with E-state index in [0.29, 0.717) is 10.8 Å². The summed E-state index contributed by atoms with van der Waals surface area (Å²) >= 11 is 0. The van der Waals surface area contributed by atoms with Crippen molar-refractivity contribution in [2.75, 3.05) is 0 Å². The average molecular weight is 427 g/mol. The Kier molecular flexibility index (Phi) is 6.85. The SMILES string of the molecule is C/C=C(\C)[C@H](CC)CC[C@@H](C)[C@@H]1CC[C@H]2[C@@H]3CC=C4C[C@@H](O)CC[C@]4(C)[C@@H]3CC[C@]21C. The number of hydrogen-bond donors (Lipinski definition) is 1. The van der Waals surface area contributed by atoms with E-state index >= 15 is 0 Å². The van der Waals surface area contributed by atoms with Gasteiger partial charge in [0.05, 0.1) is 6.10 Å². The van der Waals surface area contributed by atoms with Gasteiger partial charge in [-0.3, -0.25) is 0 Å². The van der Waals surface area contributed by atoms with Gasteiger partial charge < -0.3 is 5.11 Å². The fraction of sp³-hybridized carbons (Fsp3) is 0.867. The molecule has 0 spiro atoms. The zero-order chi connectivity index (χ0) is 22.4. The monoisotopic (exact) mass is 426 g/mol. The summed E-state index contributed by atoms with van der Waals surface area (Å²) in [4.78, 5) is 0. The molecule has 9 atom stereocenters. The summed E-state index contributed by atoms with van der Waals surface area (Å²) < 4.78 is 0. The molecule has 4 rings (SSSR count). The zero-order valence-corrected chi connectivity index (χ0v) is 21.4. The lowest BCUT2D eigenvalue weighted by atomic mass is 9.47. The second kappa shape index (κ2) is 9.00. The molecule has 176 valence electrons. The van der Waals surface area contributed by atoms with E-state index in [9.17, 15) is 5.11 Å². The van der Waals surface area contributed by atoms with Crippen molar-refractivity contribution in [1.82, 2.24) is 0 Å². The number of aliphatic hydroxyl groups is 1. The molecule has 0 saturated heterocycles. The average Bonchev–Trinajstić information content (AvgIpc) is 3.11. The van der Waals surface area contributed by atoms with Crippen LogP contribution in [0.5, 0.6) is 0 Å². The topological polar surface area (TPSA) is 20.2 Å². The smallest absolute Gasteiger partial charge is 0.0577 e. The summed E-state index contributed by atoms with van der Waals surface area (Å²) in [5, 5.41) is 10.3. The van der Waals surface area contributed by atoms with Gasteiger partial charge in [-0.15, -0.1) is 0 Å². The van der Waals surface area contributed by atoms with E-state index in [4.69, 9.17) is 0 Å². The largest absolute Gasteiger partial charge is 0.393 e. The first kappa shape index (κ1) is 23.6. The predicted octanol–water partition coefficient (Wildman–Crippen LogP) is 8.34. The van der Waals surface area contributed by atoms with E-state index in [1.54, 1.807) is 11.1 Å². The molecule has 1 N–H and O–H groups in total. The predicted molar refractivity (Wildman–Crippen MR) is 133 cm³/mol. The Morgan fingerprint density at radius 2 is 1.90 bits per heavy atom. The van der Waals surface area contributed by atoms with Gasteiger partial charge in [-0.25, -0.2) is 0 Å². The van der Waals surface area contributed by atoms with Gasteiger partial charge in [-0.1, -0.05) is 51.0 Å². The Balaban J connectivity index is 1.47. The number of hydrogen-bond acceptors (Lipinski definition) is 1. The van der Waals surface area contributed by atoms with Crippen LogP contribution in [0.3, 0.4) is 0 Å². The van der Waals surface area contributed by atoms with Crippen molar-refractivity contribution in [3.8, 4) is 0 Å². The third-order valence-corrected chi connectivity index (χ3v) is 11.4. The summed E-state index contributed by atoms with van der Waals surface area (Å²) in [5.41, 5.74) is 4.16. The lowest BCUT2D eigenvalue weighted by Crippen LogP contribution is -2.50. The van der Waals surface area contributed by atoms with Crippen LogP contribution in [-0.2, 0) is 0 Å². The molecule has 4 aliphatic rings. The first-order valence-corrected chi connectivity index (χ1v) is 13.7. The fourth-order valence-electron chi connectivity index (χ4n) is 9.27. The molecule has 0 aliphatic heterocycles. The van der Waals surface area contributed by atoms with Crippen molar-refractivity contribution in [3.63, 3.8) is 0 Å². The molecular weight excluding hydrogens is 376 g/mol. The van der Waals surface area contributed by atoms with Gasteiger partial charge in [0, 0.05) is 0 Å². The van der Waals surface area contributed by atoms with Crippen LogP contribution in [0.4, 0.5) is 0 Å². The number of aliphatic hydroxyl groups excluding tert-OH is 1. The minimum absolute atomic E-state index is 0.0837. The van der Waals surface area contributed by atoms with Crippen molar-refractivity contribution in [2.45, 2.75) is 118 Å². The number of allylic oxidation sites excluding steroid dienone is 3. The van der Waals surface area contributed by atoms with Gasteiger partial charge in [0.15, 0.2) is 0 Å². The molecule has 3 fully saturated rings. The van der Waals surface area contributed by atoms with E-state index in [0.717, 1.165) is 48.3 Å². The minimum atomic E-state index is -0.0837. The number of rotatable bonds is 6. The van der Waals surface area contributed by atoms with Crippen LogP contribution in [0.2, 0.25) is 0 Å². The van der Waals surface area contributed by atoms with E-state index in [1.807, 2.05) is 0 Å². The minimum Gasteiger partial charge on any atom is -0.393 e. The summed E-state index contributed by atoms with van der Waals surface area (Å²) in [6.45, 7) is 14.8. The third-order valence-electron chi connectivity index (χ3n) is 11.4. The third kappa shape index (κ3) is 4.00. The molecule has 0 aromatic rings. The molecule has 1 nitrogen and oxygen atoms in total. The standard InChI is InChI=1S/C30H50O/c1-7-20(3)22(8-2)10-9-21(4)26-13-14-27-25-12-11-23-19-24(31)15-17-29(23,5)28(25)16-18-30(26,27)6/h7,11,21-22,24-28,31H,8-10,12-19H2,1-6H3/b20-7+/t21-,22-,24+,25+,26+,27+,28-,29+,30+/m1/s1. The van der Waals surface area contributed by atoms with E-state index in [2.05, 4.69) is 53.7 Å². The number of fused-ring (bicyclic) bond motifs is 5. The molecule has 0 aromatic heterocycles. The van der Waals surface area contributed by atoms with Crippen LogP contribution in [0, 0.1) is 46.3 Å². The highest BCUT2D eigenvalue weighted by Gasteiger charge is 2.59. The Hall–Kier alpha value is -0.560. The van der Waals surface area contributed by atoms with Crippen LogP contribution < -0.4 is 0 Å². The van der Waals surface area contributed by atoms with E-state index in [-0.39, 0.29) is 6.10 Å². The molecule has 0 bridgehead atoms. The van der Waals surface area contributed by atoms with Crippen molar-refractivity contribution in [1.29, 1.82) is 0 Å². The van der Waals surface area contributed by atoms with Gasteiger partial charge in [-0.05, 0) is 131 Å². The maximum Gasteiger partial charge on any atom is 0.0577 e. The van der Waals surface area contributed by atoms with Gasteiger partial charge in [-0.2, -0.15) is 0 Å². The van der Waals surface area contributed by atoms with Gasteiger partial charge in [0.1, 0.15) is 0 Å². The summed E-state index contributed by atoms with van der Waals surface area (Å²) in [6.07, 6.45) is 19.2. The summed E-state index contributed by atoms with van der Waals surface area (Å²) in [5.74, 6) is 5.27. The van der Waals surface area contributed by atoms with Crippen LogP contribution in [0.1, 0.15) is 112 Å². The summed E-state index contributed by atoms with van der Waals surface area (Å²) in [6, 6.07) is 0. The quantitative estimate of drug-likeness (QED) is 0.423. The van der Waals surface area contributed by atoms with Crippen molar-refractivity contribution in [2.24, 2.45) is 46.3 Å². The first-order valence-electron chi connectivity index (χ1n) is 13.7. The van der Waals surface area contributed by atoms with Crippen LogP contribution in [0.25, 0.3) is 0 Å². The highest BCUT2D eigenvalue weighted by atomic mass is 16.3. The second-order valence-electron chi connectivity index (χ2n) is 12.6. The highest BCUT2D eigenvalue weighted by Crippen LogP contribution is 2.67. The Bertz CT molecular complexity index is 703. The molecule has 0 radical (unpaired) electrons. The Morgan fingerprint density at radius 3 is 2.61 bits per heavy atom. The molecule has 0 heterocycles. The van der Waals surface area contributed by atoms with E-state index < -0.39 is 0 Å². The van der Waals surface area contributed by atoms with Gasteiger partial charge in [0.25, 0.3) is 0 Å². The van der Waals surface area contributed by atoms with Crippen molar-refractivity contribution >= 4 is 0 Å². The van der Waals surface area contributed by atoms with Gasteiger partial charge >= 0.3 is 0 Å². The Morgan fingerprint density at radius 1 is 1.13 bits per heavy atom. The van der Waals surface area contributed by atoms with Gasteiger partial charge in [0.2, 0.25) is 0 Å². The molecule has 0 aromatic carbocycles. The van der Waals surface area contributed by atoms with Crippen molar-refractivity contribution in [3.05, 3.63) is 23.3 Å². The molecule has 4 aliphatic carbocycles. The van der Waals surface area contributed by atoms with Crippen molar-refractivity contribution < 1.29 is 5.11 Å². The maximum absolute atomic E-state index is 10.3. The molecule has 3 saturated carbocycles. The zero-order valence-electron chi connectivity index (χ0n) is 21.4. The van der Waals surface area contributed by atoms with Crippen LogP contribution >= 0.6 is 0 Å². The fourth-order valence-corrected chi connectivity index (χ4v) is 9.27. The molecule has 31 heavy (non-hydrogen) atoms. The second-order valence-corrected chi connectivity index (χ2v) is 12.6. The highest BCUT2D eigenvalue weighted by molar-refractivity contribution is 5.25. The lowest BCUT2D eigenvalue weighted by Gasteiger charge is -2.58. The molecule has 1 heteroatoms. The van der Waals surface area contributed by atoms with E-state index in [1.165, 1.54) is 57.8 Å².